The number of fused-ring (bicyclic) bond motifs is 3. The van der Waals surface area contributed by atoms with Crippen LogP contribution < -0.4 is 25.2 Å². The molecule has 2 saturated carbocycles. The molecule has 4 saturated heterocycles. The number of rotatable bonds is 10. The number of hydrogen-bond acceptors (Lipinski definition) is 11. The van der Waals surface area contributed by atoms with Crippen LogP contribution in [0.5, 0.6) is 5.88 Å². The maximum absolute atomic E-state index is 15.3. The van der Waals surface area contributed by atoms with Gasteiger partial charge in [-0.1, -0.05) is 30.7 Å². The number of imide groups is 1. The lowest BCUT2D eigenvalue weighted by Crippen LogP contribution is -2.58. The molecule has 2 N–H and O–H groups in total. The van der Waals surface area contributed by atoms with Gasteiger partial charge in [-0.05, 0) is 132 Å². The molecule has 6 amide bonds. The van der Waals surface area contributed by atoms with Gasteiger partial charge in [0, 0.05) is 80.5 Å². The normalized spacial score (nSPS) is 25.3. The average Bonchev–Trinajstić information content (AvgIpc) is 4.16. The van der Waals surface area contributed by atoms with Crippen molar-refractivity contribution in [1.82, 2.24) is 30.0 Å². The number of aromatic nitrogens is 2. The van der Waals surface area contributed by atoms with E-state index in [4.69, 9.17) is 14.7 Å². The summed E-state index contributed by atoms with van der Waals surface area (Å²) in [5.74, 6) is 0.113. The van der Waals surface area contributed by atoms with Gasteiger partial charge >= 0.3 is 6.03 Å². The summed E-state index contributed by atoms with van der Waals surface area (Å²) in [7, 11) is 0. The number of pyridine rings is 2. The van der Waals surface area contributed by atoms with Crippen molar-refractivity contribution in [2.24, 2.45) is 16.8 Å². The average molecular weight is 1020 g/mol. The number of para-hydroxylation sites is 1. The summed E-state index contributed by atoms with van der Waals surface area (Å²) in [5, 5.41) is 5.59. The van der Waals surface area contributed by atoms with Gasteiger partial charge in [0.15, 0.2) is 5.82 Å². The Bertz CT molecular complexity index is 3000. The van der Waals surface area contributed by atoms with Crippen LogP contribution in [0.15, 0.2) is 71.9 Å². The first-order chi connectivity index (χ1) is 36.4. The molecular formula is C57H65FN11O6+. The van der Waals surface area contributed by atoms with Crippen LogP contribution in [-0.2, 0) is 24.6 Å². The fourth-order valence-corrected chi connectivity index (χ4v) is 13.0. The molecule has 17 nitrogen and oxygen atoms in total. The summed E-state index contributed by atoms with van der Waals surface area (Å²) >= 11 is 0. The topological polar surface area (TPSA) is 176 Å². The van der Waals surface area contributed by atoms with Gasteiger partial charge in [0.25, 0.3) is 6.34 Å². The zero-order valence-corrected chi connectivity index (χ0v) is 42.8. The Kier molecular flexibility index (Phi) is 12.9. The minimum absolute atomic E-state index is 0.0611. The van der Waals surface area contributed by atoms with Crippen LogP contribution >= 0.6 is 0 Å². The fraction of sp³-hybridized carbons (Fsp3) is 0.491. The van der Waals surface area contributed by atoms with E-state index < -0.39 is 11.4 Å². The van der Waals surface area contributed by atoms with Crippen LogP contribution in [0.1, 0.15) is 103 Å². The zero-order chi connectivity index (χ0) is 51.5. The van der Waals surface area contributed by atoms with Crippen LogP contribution in [0.3, 0.4) is 0 Å². The first kappa shape index (κ1) is 48.8. The third-order valence-electron chi connectivity index (χ3n) is 17.4. The first-order valence-electron chi connectivity index (χ1n) is 27.1. The van der Waals surface area contributed by atoms with E-state index in [2.05, 4.69) is 37.6 Å². The molecule has 4 aromatic rings. The van der Waals surface area contributed by atoms with Gasteiger partial charge in [-0.3, -0.25) is 29.4 Å². The smallest absolute Gasteiger partial charge is 0.328 e. The number of benzene rings is 2. The van der Waals surface area contributed by atoms with Gasteiger partial charge in [-0.15, -0.1) is 0 Å². The molecular weight excluding hydrogens is 954 g/mol. The molecule has 1 spiro atoms. The summed E-state index contributed by atoms with van der Waals surface area (Å²) < 4.78 is 23.2. The molecule has 18 heteroatoms. The quantitative estimate of drug-likeness (QED) is 0.148. The van der Waals surface area contributed by atoms with Crippen molar-refractivity contribution in [2.75, 3.05) is 60.9 Å². The van der Waals surface area contributed by atoms with E-state index in [1.165, 1.54) is 30.2 Å². The van der Waals surface area contributed by atoms with E-state index in [-0.39, 0.29) is 59.8 Å². The van der Waals surface area contributed by atoms with E-state index >= 15 is 9.18 Å². The third-order valence-corrected chi connectivity index (χ3v) is 17.4. The molecule has 6 fully saturated rings. The molecule has 1 atom stereocenters. The summed E-state index contributed by atoms with van der Waals surface area (Å²) in [4.78, 5) is 91.7. The van der Waals surface area contributed by atoms with Crippen molar-refractivity contribution in [2.45, 2.75) is 121 Å². The second-order valence-corrected chi connectivity index (χ2v) is 22.1. The van der Waals surface area contributed by atoms with Gasteiger partial charge in [-0.25, -0.2) is 19.2 Å². The molecule has 8 heterocycles. The minimum Gasteiger partial charge on any atom is -0.474 e. The van der Waals surface area contributed by atoms with Crippen molar-refractivity contribution in [1.29, 1.82) is 0 Å². The second kappa shape index (κ2) is 19.9. The SMILES string of the molecule is CC(C)=[N+]1C=Nc2cc(-c3ccc4c(c3)N(C3CC(N5CCCCC5)C3)C(=O)C43CCN(C(=O)[C@@H]4CCN(C(=O)C5CCC(Oc6ccc(N7CCC(=O)NC7=O)cn6)CC5)C4)CC3)nc(Nc3ccccc3F)c21. The van der Waals surface area contributed by atoms with Crippen molar-refractivity contribution in [3.8, 4) is 17.1 Å². The highest BCUT2D eigenvalue weighted by atomic mass is 19.1. The van der Waals surface area contributed by atoms with Crippen LogP contribution in [0, 0.1) is 17.7 Å². The maximum atomic E-state index is 15.3. The molecule has 6 aliphatic heterocycles. The lowest BCUT2D eigenvalue weighted by molar-refractivity contribution is -0.289. The molecule has 0 bridgehead atoms. The summed E-state index contributed by atoms with van der Waals surface area (Å²) in [6.45, 7) is 8.37. The Morgan fingerprint density at radius 2 is 1.60 bits per heavy atom. The van der Waals surface area contributed by atoms with E-state index in [0.717, 1.165) is 54.1 Å². The second-order valence-electron chi connectivity index (χ2n) is 22.1. The lowest BCUT2D eigenvalue weighted by Gasteiger charge is -2.48. The molecule has 75 heavy (non-hydrogen) atoms. The fourth-order valence-electron chi connectivity index (χ4n) is 13.0. The number of nitrogens with zero attached hydrogens (tertiary/aromatic N) is 9. The summed E-state index contributed by atoms with van der Waals surface area (Å²) in [6.07, 6.45) is 13.5. The third kappa shape index (κ3) is 9.11. The van der Waals surface area contributed by atoms with E-state index in [9.17, 15) is 19.2 Å². The number of piperidine rings is 2. The minimum atomic E-state index is -0.767. The Hall–Kier alpha value is -7.08. The number of hydrogen-bond donors (Lipinski definition) is 2. The molecule has 2 aliphatic carbocycles. The van der Waals surface area contributed by atoms with Gasteiger partial charge in [0.05, 0.1) is 40.3 Å². The van der Waals surface area contributed by atoms with Crippen molar-refractivity contribution >= 4 is 76.0 Å². The van der Waals surface area contributed by atoms with E-state index in [1.54, 1.807) is 42.9 Å². The molecule has 2 aromatic heterocycles. The number of nitrogens with one attached hydrogen (secondary N) is 2. The van der Waals surface area contributed by atoms with Gasteiger partial charge in [0.1, 0.15) is 11.9 Å². The Balaban J connectivity index is 0.714. The summed E-state index contributed by atoms with van der Waals surface area (Å²) in [6, 6.07) is 18.3. The summed E-state index contributed by atoms with van der Waals surface area (Å²) in [5.41, 5.74) is 5.98. The molecule has 12 rings (SSSR count). The van der Waals surface area contributed by atoms with Crippen LogP contribution in [0.25, 0.3) is 11.3 Å². The number of amides is 6. The Morgan fingerprint density at radius 3 is 2.33 bits per heavy atom. The lowest BCUT2D eigenvalue weighted by atomic mass is 9.73. The van der Waals surface area contributed by atoms with Crippen LogP contribution in [0.4, 0.5) is 43.4 Å². The van der Waals surface area contributed by atoms with Crippen molar-refractivity contribution < 1.29 is 37.7 Å². The Morgan fingerprint density at radius 1 is 0.827 bits per heavy atom. The number of aliphatic imine (C=N–C) groups is 1. The van der Waals surface area contributed by atoms with Crippen LogP contribution in [-0.4, -0.2) is 135 Å². The number of halogens is 1. The Labute approximate surface area is 436 Å². The molecule has 390 valence electrons. The first-order valence-corrected chi connectivity index (χ1v) is 27.1. The number of urea groups is 1. The largest absolute Gasteiger partial charge is 0.474 e. The molecule has 0 unspecified atom stereocenters. The molecule has 8 aliphatic rings. The van der Waals surface area contributed by atoms with Crippen molar-refractivity contribution in [3.05, 3.63) is 78.2 Å². The molecule has 0 radical (unpaired) electrons. The highest BCUT2D eigenvalue weighted by Crippen LogP contribution is 2.53. The highest BCUT2D eigenvalue weighted by molar-refractivity contribution is 6.10. The van der Waals surface area contributed by atoms with E-state index in [1.807, 2.05) is 40.4 Å². The maximum Gasteiger partial charge on any atom is 0.328 e. The zero-order valence-electron chi connectivity index (χ0n) is 42.8. The number of carbonyl (C=O) groups excluding carboxylic acids is 5. The van der Waals surface area contributed by atoms with Gasteiger partial charge < -0.3 is 29.7 Å². The van der Waals surface area contributed by atoms with Crippen molar-refractivity contribution in [3.63, 3.8) is 0 Å². The standard InChI is InChI=1S/C57H64FN11O6/c1-35(2)68-34-60-47-31-46(62-52(51(47)68)61-45-9-5-4-8-44(45)58)37-12-16-43-48(28-37)69(41-29-40(30-41)64-22-6-3-7-23-64)55(73)57(43)20-26-65(27-21-57)54(72)38-18-24-66(33-38)53(71)36-10-14-42(15-11-36)75-50-17-13-39(32-59-50)67-25-19-49(70)63-56(67)74/h4-5,8-9,12-13,16-17,28,31-32,34,36,38,40-42H,3,6-7,10-11,14-15,18-27,29-30,33H2,1-2H3,(H-,61,62,63,70,74)/p+1/t36?,38-,40?,41?,42?/m1/s1. The number of anilines is 4. The highest BCUT2D eigenvalue weighted by Gasteiger charge is 2.56. The van der Waals surface area contributed by atoms with Gasteiger partial charge in [-0.2, -0.15) is 4.58 Å². The van der Waals surface area contributed by atoms with Gasteiger partial charge in [0.2, 0.25) is 40.9 Å². The molecule has 2 aromatic carbocycles. The number of carbonyl (C=O) groups is 5. The van der Waals surface area contributed by atoms with E-state index in [0.29, 0.717) is 118 Å². The predicted octanol–water partition coefficient (Wildman–Crippen LogP) is 7.98. The van der Waals surface area contributed by atoms with Crippen LogP contribution in [0.2, 0.25) is 0 Å². The predicted molar refractivity (Wildman–Crippen MR) is 282 cm³/mol. The number of likely N-dealkylation sites (tertiary alicyclic amines) is 3. The number of ether oxygens (including phenoxy) is 1. The monoisotopic (exact) mass is 1020 g/mol.